The lowest BCUT2D eigenvalue weighted by Gasteiger charge is -2.18. The van der Waals surface area contributed by atoms with Gasteiger partial charge in [0.05, 0.1) is 12.0 Å². The van der Waals surface area contributed by atoms with Crippen LogP contribution in [0.25, 0.3) is 0 Å². The molecule has 1 heterocycles. The highest BCUT2D eigenvalue weighted by molar-refractivity contribution is 6.00. The Bertz CT molecular complexity index is 757. The predicted molar refractivity (Wildman–Crippen MR) is 101 cm³/mol. The van der Waals surface area contributed by atoms with E-state index in [9.17, 15) is 9.59 Å². The molecule has 0 spiro atoms. The van der Waals surface area contributed by atoms with Crippen molar-refractivity contribution in [2.75, 3.05) is 11.4 Å². The Hall–Kier alpha value is -2.82. The molecule has 3 rings (SSSR count). The van der Waals surface area contributed by atoms with Crippen LogP contribution in [-0.2, 0) is 16.1 Å². The third kappa shape index (κ3) is 4.42. The van der Waals surface area contributed by atoms with Gasteiger partial charge in [0.25, 0.3) is 0 Å². The van der Waals surface area contributed by atoms with Gasteiger partial charge < -0.3 is 15.0 Å². The van der Waals surface area contributed by atoms with Crippen molar-refractivity contribution in [2.45, 2.75) is 32.9 Å². The fraction of sp³-hybridized carbons (Fsp3) is 0.333. The van der Waals surface area contributed by atoms with Gasteiger partial charge in [-0.2, -0.15) is 0 Å². The van der Waals surface area contributed by atoms with Gasteiger partial charge in [-0.05, 0) is 43.7 Å². The minimum atomic E-state index is -0.321. The first-order chi connectivity index (χ1) is 12.5. The summed E-state index contributed by atoms with van der Waals surface area (Å²) in [5.41, 5.74) is 1.84. The topological polar surface area (TPSA) is 58.6 Å². The zero-order chi connectivity index (χ0) is 18.5. The largest absolute Gasteiger partial charge is 0.491 e. The monoisotopic (exact) mass is 352 g/mol. The van der Waals surface area contributed by atoms with Gasteiger partial charge in [0.2, 0.25) is 11.8 Å². The summed E-state index contributed by atoms with van der Waals surface area (Å²) in [5, 5.41) is 2.93. The van der Waals surface area contributed by atoms with Crippen molar-refractivity contribution in [2.24, 2.45) is 5.92 Å². The van der Waals surface area contributed by atoms with Crippen molar-refractivity contribution >= 4 is 17.5 Å². The molecule has 0 aromatic heterocycles. The van der Waals surface area contributed by atoms with Crippen LogP contribution in [0.1, 0.15) is 25.8 Å². The smallest absolute Gasteiger partial charge is 0.227 e. The number of carbonyl (C=O) groups excluding carboxylic acids is 2. The summed E-state index contributed by atoms with van der Waals surface area (Å²) < 4.78 is 5.62. The third-order valence-corrected chi connectivity index (χ3v) is 4.33. The van der Waals surface area contributed by atoms with Crippen molar-refractivity contribution in [1.29, 1.82) is 0 Å². The first-order valence-corrected chi connectivity index (χ1v) is 8.91. The summed E-state index contributed by atoms with van der Waals surface area (Å²) in [6, 6.07) is 17.2. The fourth-order valence-electron chi connectivity index (χ4n) is 3.04. The van der Waals surface area contributed by atoms with Crippen LogP contribution in [0.3, 0.4) is 0 Å². The lowest BCUT2D eigenvalue weighted by molar-refractivity contribution is -0.126. The molecule has 26 heavy (non-hydrogen) atoms. The molecule has 1 N–H and O–H groups in total. The maximum atomic E-state index is 12.4. The quantitative estimate of drug-likeness (QED) is 0.869. The minimum absolute atomic E-state index is 0.0256. The van der Waals surface area contributed by atoms with E-state index >= 15 is 0 Å². The zero-order valence-electron chi connectivity index (χ0n) is 15.1. The molecule has 1 aliphatic heterocycles. The Kier molecular flexibility index (Phi) is 5.56. The first kappa shape index (κ1) is 18.0. The van der Waals surface area contributed by atoms with Crippen molar-refractivity contribution in [3.05, 3.63) is 60.2 Å². The van der Waals surface area contributed by atoms with Gasteiger partial charge in [0.15, 0.2) is 0 Å². The number of nitrogens with zero attached hydrogens (tertiary/aromatic N) is 1. The molecule has 136 valence electrons. The summed E-state index contributed by atoms with van der Waals surface area (Å²) in [4.78, 5) is 26.4. The average Bonchev–Trinajstić information content (AvgIpc) is 3.02. The highest BCUT2D eigenvalue weighted by atomic mass is 16.5. The van der Waals surface area contributed by atoms with Crippen LogP contribution in [0.2, 0.25) is 0 Å². The molecule has 0 bridgehead atoms. The van der Waals surface area contributed by atoms with Gasteiger partial charge in [-0.15, -0.1) is 0 Å². The molecule has 5 nitrogen and oxygen atoms in total. The Labute approximate surface area is 154 Å². The molecule has 2 aromatic carbocycles. The predicted octanol–water partition coefficient (Wildman–Crippen LogP) is 3.14. The molecule has 2 amide bonds. The maximum Gasteiger partial charge on any atom is 0.227 e. The highest BCUT2D eigenvalue weighted by Crippen LogP contribution is 2.27. The van der Waals surface area contributed by atoms with Gasteiger partial charge in [0.1, 0.15) is 5.75 Å². The fourth-order valence-corrected chi connectivity index (χ4v) is 3.04. The highest BCUT2D eigenvalue weighted by Gasteiger charge is 2.34. The van der Waals surface area contributed by atoms with E-state index in [4.69, 9.17) is 4.74 Å². The Morgan fingerprint density at radius 2 is 1.85 bits per heavy atom. The normalized spacial score (nSPS) is 16.8. The number of nitrogens with one attached hydrogen (secondary N) is 1. The number of benzene rings is 2. The number of anilines is 1. The van der Waals surface area contributed by atoms with Crippen LogP contribution in [0.15, 0.2) is 54.6 Å². The van der Waals surface area contributed by atoms with Crippen LogP contribution in [-0.4, -0.2) is 24.5 Å². The van der Waals surface area contributed by atoms with Crippen molar-refractivity contribution in [3.8, 4) is 5.75 Å². The Balaban J connectivity index is 1.58. The molecule has 1 unspecified atom stereocenters. The number of amides is 2. The van der Waals surface area contributed by atoms with Gasteiger partial charge in [0, 0.05) is 25.2 Å². The van der Waals surface area contributed by atoms with E-state index in [-0.39, 0.29) is 30.3 Å². The van der Waals surface area contributed by atoms with Crippen LogP contribution in [0.5, 0.6) is 5.75 Å². The number of hydrogen-bond acceptors (Lipinski definition) is 3. The van der Waals surface area contributed by atoms with Gasteiger partial charge in [-0.1, -0.05) is 30.3 Å². The van der Waals surface area contributed by atoms with E-state index in [1.165, 1.54) is 0 Å². The molecule has 1 atom stereocenters. The first-order valence-electron chi connectivity index (χ1n) is 8.91. The molecule has 5 heteroatoms. The van der Waals surface area contributed by atoms with E-state index in [0.29, 0.717) is 13.1 Å². The molecule has 0 aliphatic carbocycles. The van der Waals surface area contributed by atoms with Crippen molar-refractivity contribution < 1.29 is 14.3 Å². The van der Waals surface area contributed by atoms with Crippen LogP contribution >= 0.6 is 0 Å². The van der Waals surface area contributed by atoms with Gasteiger partial charge in [-0.25, -0.2) is 0 Å². The number of rotatable bonds is 6. The average molecular weight is 352 g/mol. The molecule has 1 aliphatic rings. The van der Waals surface area contributed by atoms with Crippen LogP contribution in [0, 0.1) is 5.92 Å². The molecule has 0 radical (unpaired) electrons. The van der Waals surface area contributed by atoms with Crippen LogP contribution < -0.4 is 15.0 Å². The minimum Gasteiger partial charge on any atom is -0.491 e. The standard InChI is InChI=1S/C21H24N2O3/c1-15(2)26-19-10-8-18(9-11-19)23-14-17(12-20(23)24)21(25)22-13-16-6-4-3-5-7-16/h3-11,15,17H,12-14H2,1-2H3,(H,22,25). The van der Waals surface area contributed by atoms with E-state index < -0.39 is 0 Å². The molecule has 0 saturated carbocycles. The molecule has 2 aromatic rings. The third-order valence-electron chi connectivity index (χ3n) is 4.33. The Morgan fingerprint density at radius 1 is 1.15 bits per heavy atom. The second kappa shape index (κ2) is 8.04. The van der Waals surface area contributed by atoms with Gasteiger partial charge in [-0.3, -0.25) is 9.59 Å². The van der Waals surface area contributed by atoms with Gasteiger partial charge >= 0.3 is 0 Å². The number of ether oxygens (including phenoxy) is 1. The maximum absolute atomic E-state index is 12.4. The molecular formula is C21H24N2O3. The van der Waals surface area contributed by atoms with E-state index in [0.717, 1.165) is 17.0 Å². The summed E-state index contributed by atoms with van der Waals surface area (Å²) >= 11 is 0. The molecule has 1 fully saturated rings. The number of carbonyl (C=O) groups is 2. The lowest BCUT2D eigenvalue weighted by atomic mass is 10.1. The number of hydrogen-bond donors (Lipinski definition) is 1. The SMILES string of the molecule is CC(C)Oc1ccc(N2CC(C(=O)NCc3ccccc3)CC2=O)cc1. The second-order valence-electron chi connectivity index (χ2n) is 6.77. The zero-order valence-corrected chi connectivity index (χ0v) is 15.1. The van der Waals surface area contributed by atoms with Crippen molar-refractivity contribution in [1.82, 2.24) is 5.32 Å². The molecular weight excluding hydrogens is 328 g/mol. The Morgan fingerprint density at radius 3 is 2.50 bits per heavy atom. The summed E-state index contributed by atoms with van der Waals surface area (Å²) in [6.07, 6.45) is 0.345. The van der Waals surface area contributed by atoms with E-state index in [1.807, 2.05) is 68.4 Å². The van der Waals surface area contributed by atoms with E-state index in [1.54, 1.807) is 4.90 Å². The van der Waals surface area contributed by atoms with Crippen molar-refractivity contribution in [3.63, 3.8) is 0 Å². The second-order valence-corrected chi connectivity index (χ2v) is 6.77. The summed E-state index contributed by atoms with van der Waals surface area (Å²) in [5.74, 6) is 0.345. The summed E-state index contributed by atoms with van der Waals surface area (Å²) in [7, 11) is 0. The summed E-state index contributed by atoms with van der Waals surface area (Å²) in [6.45, 7) is 4.82. The molecule has 1 saturated heterocycles. The van der Waals surface area contributed by atoms with Crippen LogP contribution in [0.4, 0.5) is 5.69 Å². The lowest BCUT2D eigenvalue weighted by Crippen LogP contribution is -2.32. The van der Waals surface area contributed by atoms with E-state index in [2.05, 4.69) is 5.32 Å².